The quantitative estimate of drug-likeness (QED) is 0.795. The Kier molecular flexibility index (Phi) is 5.99. The molecule has 2 rings (SSSR count). The molecule has 1 aromatic rings. The van der Waals surface area contributed by atoms with Gasteiger partial charge in [0.05, 0.1) is 0 Å². The van der Waals surface area contributed by atoms with E-state index in [0.29, 0.717) is 12.0 Å². The second kappa shape index (κ2) is 7.75. The van der Waals surface area contributed by atoms with Crippen molar-refractivity contribution in [3.05, 3.63) is 35.6 Å². The molecule has 0 heterocycles. The van der Waals surface area contributed by atoms with Crippen molar-refractivity contribution in [2.24, 2.45) is 5.92 Å². The summed E-state index contributed by atoms with van der Waals surface area (Å²) in [6.07, 6.45) is 6.82. The van der Waals surface area contributed by atoms with Crippen LogP contribution in [-0.2, 0) is 0 Å². The SMILES string of the molecule is CCCCC(NC1CCCC1CO)c1ccc(F)cc1. The van der Waals surface area contributed by atoms with Crippen molar-refractivity contribution in [1.82, 2.24) is 5.32 Å². The molecule has 0 saturated heterocycles. The van der Waals surface area contributed by atoms with Crippen molar-refractivity contribution in [2.75, 3.05) is 6.61 Å². The third kappa shape index (κ3) is 4.03. The molecule has 3 unspecified atom stereocenters. The Bertz CT molecular complexity index is 392. The molecule has 2 nitrogen and oxygen atoms in total. The maximum atomic E-state index is 13.1. The molecule has 3 atom stereocenters. The molecular weight excluding hydrogens is 253 g/mol. The molecule has 112 valence electrons. The van der Waals surface area contributed by atoms with Crippen LogP contribution in [-0.4, -0.2) is 17.8 Å². The van der Waals surface area contributed by atoms with E-state index >= 15 is 0 Å². The molecule has 0 spiro atoms. The fourth-order valence-electron chi connectivity index (χ4n) is 3.18. The van der Waals surface area contributed by atoms with Crippen LogP contribution in [0.3, 0.4) is 0 Å². The van der Waals surface area contributed by atoms with Crippen molar-refractivity contribution < 1.29 is 9.50 Å². The zero-order chi connectivity index (χ0) is 14.4. The lowest BCUT2D eigenvalue weighted by Crippen LogP contribution is -2.37. The third-order valence-electron chi connectivity index (χ3n) is 4.43. The fourth-order valence-corrected chi connectivity index (χ4v) is 3.18. The van der Waals surface area contributed by atoms with E-state index in [-0.39, 0.29) is 18.5 Å². The molecule has 0 bridgehead atoms. The van der Waals surface area contributed by atoms with Gasteiger partial charge in [-0.3, -0.25) is 0 Å². The summed E-state index contributed by atoms with van der Waals surface area (Å²) in [6.45, 7) is 2.45. The molecule has 1 saturated carbocycles. The summed E-state index contributed by atoms with van der Waals surface area (Å²) < 4.78 is 13.1. The Morgan fingerprint density at radius 3 is 2.70 bits per heavy atom. The van der Waals surface area contributed by atoms with Gasteiger partial charge in [0, 0.05) is 18.7 Å². The van der Waals surface area contributed by atoms with E-state index in [9.17, 15) is 9.50 Å². The van der Waals surface area contributed by atoms with Crippen molar-refractivity contribution in [2.45, 2.75) is 57.5 Å². The van der Waals surface area contributed by atoms with E-state index in [0.717, 1.165) is 37.7 Å². The number of hydrogen-bond donors (Lipinski definition) is 2. The van der Waals surface area contributed by atoms with Gasteiger partial charge in [0.25, 0.3) is 0 Å². The average Bonchev–Trinajstić information content (AvgIpc) is 2.91. The average molecular weight is 279 g/mol. The van der Waals surface area contributed by atoms with Gasteiger partial charge in [-0.25, -0.2) is 4.39 Å². The Labute approximate surface area is 121 Å². The largest absolute Gasteiger partial charge is 0.396 e. The molecule has 2 N–H and O–H groups in total. The van der Waals surface area contributed by atoms with Crippen LogP contribution in [0, 0.1) is 11.7 Å². The summed E-state index contributed by atoms with van der Waals surface area (Å²) in [5.74, 6) is 0.191. The Morgan fingerprint density at radius 2 is 2.05 bits per heavy atom. The lowest BCUT2D eigenvalue weighted by molar-refractivity contribution is 0.198. The van der Waals surface area contributed by atoms with Crippen LogP contribution in [0.5, 0.6) is 0 Å². The molecule has 1 aliphatic carbocycles. The maximum Gasteiger partial charge on any atom is 0.123 e. The van der Waals surface area contributed by atoms with Gasteiger partial charge in [0.2, 0.25) is 0 Å². The van der Waals surface area contributed by atoms with Crippen LogP contribution in [0.4, 0.5) is 4.39 Å². The number of benzene rings is 1. The minimum atomic E-state index is -0.183. The second-order valence-electron chi connectivity index (χ2n) is 5.89. The standard InChI is InChI=1S/C17H26FNO/c1-2-3-6-16(13-8-10-15(18)11-9-13)19-17-7-4-5-14(17)12-20/h8-11,14,16-17,19-20H,2-7,12H2,1H3. The van der Waals surface area contributed by atoms with E-state index in [2.05, 4.69) is 12.2 Å². The highest BCUT2D eigenvalue weighted by atomic mass is 19.1. The third-order valence-corrected chi connectivity index (χ3v) is 4.43. The van der Waals surface area contributed by atoms with Gasteiger partial charge >= 0.3 is 0 Å². The Morgan fingerprint density at radius 1 is 1.30 bits per heavy atom. The van der Waals surface area contributed by atoms with Crippen LogP contribution in [0.2, 0.25) is 0 Å². The highest BCUT2D eigenvalue weighted by Gasteiger charge is 2.28. The van der Waals surface area contributed by atoms with Crippen LogP contribution >= 0.6 is 0 Å². The number of hydrogen-bond acceptors (Lipinski definition) is 2. The van der Waals surface area contributed by atoms with Gasteiger partial charge in [0.1, 0.15) is 5.82 Å². The smallest absolute Gasteiger partial charge is 0.123 e. The van der Waals surface area contributed by atoms with Gasteiger partial charge in [-0.2, -0.15) is 0 Å². The fraction of sp³-hybridized carbons (Fsp3) is 0.647. The Hall–Kier alpha value is -0.930. The first-order valence-corrected chi connectivity index (χ1v) is 7.87. The van der Waals surface area contributed by atoms with Crippen molar-refractivity contribution >= 4 is 0 Å². The monoisotopic (exact) mass is 279 g/mol. The molecule has 0 radical (unpaired) electrons. The second-order valence-corrected chi connectivity index (χ2v) is 5.89. The lowest BCUT2D eigenvalue weighted by atomic mass is 9.97. The first-order chi connectivity index (χ1) is 9.74. The number of unbranched alkanes of at least 4 members (excludes halogenated alkanes) is 1. The highest BCUT2D eigenvalue weighted by Crippen LogP contribution is 2.29. The van der Waals surface area contributed by atoms with Crippen molar-refractivity contribution in [3.8, 4) is 0 Å². The molecule has 1 fully saturated rings. The van der Waals surface area contributed by atoms with Gasteiger partial charge in [0.15, 0.2) is 0 Å². The molecule has 0 aliphatic heterocycles. The molecule has 0 amide bonds. The number of aliphatic hydroxyl groups is 1. The van der Waals surface area contributed by atoms with Crippen LogP contribution in [0.1, 0.15) is 57.1 Å². The molecule has 20 heavy (non-hydrogen) atoms. The van der Waals surface area contributed by atoms with Crippen molar-refractivity contribution in [3.63, 3.8) is 0 Å². The van der Waals surface area contributed by atoms with Gasteiger partial charge < -0.3 is 10.4 Å². The number of rotatable bonds is 7. The molecular formula is C17H26FNO. The van der Waals surface area contributed by atoms with Gasteiger partial charge in [-0.15, -0.1) is 0 Å². The summed E-state index contributed by atoms with van der Waals surface area (Å²) in [6, 6.07) is 7.50. The zero-order valence-corrected chi connectivity index (χ0v) is 12.3. The van der Waals surface area contributed by atoms with Crippen molar-refractivity contribution in [1.29, 1.82) is 0 Å². The summed E-state index contributed by atoms with van der Waals surface area (Å²) in [4.78, 5) is 0. The van der Waals surface area contributed by atoms with Crippen LogP contribution in [0.15, 0.2) is 24.3 Å². The minimum Gasteiger partial charge on any atom is -0.396 e. The topological polar surface area (TPSA) is 32.3 Å². The summed E-state index contributed by atoms with van der Waals surface area (Å²) >= 11 is 0. The lowest BCUT2D eigenvalue weighted by Gasteiger charge is -2.27. The molecule has 1 aliphatic rings. The van der Waals surface area contributed by atoms with Gasteiger partial charge in [-0.1, -0.05) is 38.3 Å². The van der Waals surface area contributed by atoms with E-state index < -0.39 is 0 Å². The number of aliphatic hydroxyl groups excluding tert-OH is 1. The normalized spacial score (nSPS) is 23.9. The van der Waals surface area contributed by atoms with E-state index in [1.807, 2.05) is 12.1 Å². The Balaban J connectivity index is 2.04. The predicted octanol–water partition coefficient (Wildman–Crippen LogP) is 3.81. The minimum absolute atomic E-state index is 0.183. The zero-order valence-electron chi connectivity index (χ0n) is 12.3. The van der Waals surface area contributed by atoms with Crippen LogP contribution in [0.25, 0.3) is 0 Å². The first kappa shape index (κ1) is 15.5. The number of halogens is 1. The van der Waals surface area contributed by atoms with E-state index in [1.165, 1.54) is 18.6 Å². The van der Waals surface area contributed by atoms with Gasteiger partial charge in [-0.05, 0) is 42.9 Å². The van der Waals surface area contributed by atoms with E-state index in [1.54, 1.807) is 0 Å². The predicted molar refractivity (Wildman–Crippen MR) is 80.0 cm³/mol. The first-order valence-electron chi connectivity index (χ1n) is 7.87. The summed E-state index contributed by atoms with van der Waals surface area (Å²) in [5.41, 5.74) is 1.16. The maximum absolute atomic E-state index is 13.1. The highest BCUT2D eigenvalue weighted by molar-refractivity contribution is 5.20. The van der Waals surface area contributed by atoms with Crippen LogP contribution < -0.4 is 5.32 Å². The number of nitrogens with one attached hydrogen (secondary N) is 1. The van der Waals surface area contributed by atoms with E-state index in [4.69, 9.17) is 0 Å². The molecule has 0 aromatic heterocycles. The molecule has 1 aromatic carbocycles. The summed E-state index contributed by atoms with van der Waals surface area (Å²) in [5, 5.41) is 13.1. The summed E-state index contributed by atoms with van der Waals surface area (Å²) in [7, 11) is 0. The molecule has 3 heteroatoms.